The number of benzene rings is 2. The third-order valence-corrected chi connectivity index (χ3v) is 6.56. The Bertz CT molecular complexity index is 1150. The van der Waals surface area contributed by atoms with Crippen LogP contribution in [0.5, 0.6) is 5.75 Å². The molecule has 1 aromatic heterocycles. The standard InChI is InChI=1S/C21H26N4O4S/c1-5-29-16-8-6-15(7-9-16)22-21(26)13-12-20-23-18-14-17(30(27,28)24(2)3)10-11-19(18)25(20)4/h6-11,14H,5,12-13H2,1-4H3,(H,22,26). The fourth-order valence-electron chi connectivity index (χ4n) is 3.07. The lowest BCUT2D eigenvalue weighted by molar-refractivity contribution is -0.116. The van der Waals surface area contributed by atoms with Gasteiger partial charge in [-0.05, 0) is 49.4 Å². The molecule has 0 atom stereocenters. The number of hydrogen-bond acceptors (Lipinski definition) is 5. The number of carbonyl (C=O) groups excluding carboxylic acids is 1. The van der Waals surface area contributed by atoms with Crippen molar-refractivity contribution in [2.75, 3.05) is 26.0 Å². The number of carbonyl (C=O) groups is 1. The molecular formula is C21H26N4O4S. The zero-order valence-corrected chi connectivity index (χ0v) is 18.4. The van der Waals surface area contributed by atoms with Crippen molar-refractivity contribution in [1.29, 1.82) is 0 Å². The second-order valence-electron chi connectivity index (χ2n) is 7.03. The second-order valence-corrected chi connectivity index (χ2v) is 9.18. The molecule has 0 saturated carbocycles. The molecule has 1 N–H and O–H groups in total. The first-order chi connectivity index (χ1) is 14.2. The van der Waals surface area contributed by atoms with Gasteiger partial charge in [-0.3, -0.25) is 4.79 Å². The Kier molecular flexibility index (Phi) is 6.42. The molecular weight excluding hydrogens is 404 g/mol. The summed E-state index contributed by atoms with van der Waals surface area (Å²) in [6.45, 7) is 2.50. The van der Waals surface area contributed by atoms with Gasteiger partial charge in [0.15, 0.2) is 0 Å². The number of sulfonamides is 1. The summed E-state index contributed by atoms with van der Waals surface area (Å²) in [5.74, 6) is 1.35. The number of nitrogens with zero attached hydrogens (tertiary/aromatic N) is 3. The van der Waals surface area contributed by atoms with Crippen LogP contribution < -0.4 is 10.1 Å². The van der Waals surface area contributed by atoms with Crippen molar-refractivity contribution in [1.82, 2.24) is 13.9 Å². The van der Waals surface area contributed by atoms with Gasteiger partial charge in [0.05, 0.1) is 22.5 Å². The smallest absolute Gasteiger partial charge is 0.242 e. The van der Waals surface area contributed by atoms with Crippen molar-refractivity contribution in [2.24, 2.45) is 7.05 Å². The van der Waals surface area contributed by atoms with Crippen LogP contribution in [0.3, 0.4) is 0 Å². The van der Waals surface area contributed by atoms with E-state index in [1.807, 2.05) is 30.7 Å². The van der Waals surface area contributed by atoms with Gasteiger partial charge >= 0.3 is 0 Å². The minimum atomic E-state index is -3.53. The highest BCUT2D eigenvalue weighted by Gasteiger charge is 2.19. The van der Waals surface area contributed by atoms with Crippen LogP contribution in [0.2, 0.25) is 0 Å². The van der Waals surface area contributed by atoms with Crippen molar-refractivity contribution < 1.29 is 17.9 Å². The highest BCUT2D eigenvalue weighted by atomic mass is 32.2. The summed E-state index contributed by atoms with van der Waals surface area (Å²) < 4.78 is 33.1. The highest BCUT2D eigenvalue weighted by molar-refractivity contribution is 7.89. The van der Waals surface area contributed by atoms with Gasteiger partial charge in [0.2, 0.25) is 15.9 Å². The summed E-state index contributed by atoms with van der Waals surface area (Å²) in [6.07, 6.45) is 0.692. The predicted octanol–water partition coefficient (Wildman–Crippen LogP) is 2.79. The van der Waals surface area contributed by atoms with Gasteiger partial charge in [-0.2, -0.15) is 0 Å². The zero-order valence-electron chi connectivity index (χ0n) is 17.5. The monoisotopic (exact) mass is 430 g/mol. The number of amides is 1. The lowest BCUT2D eigenvalue weighted by Crippen LogP contribution is -2.22. The molecule has 3 aromatic rings. The SMILES string of the molecule is CCOc1ccc(NC(=O)CCc2nc3cc(S(=O)(=O)N(C)C)ccc3n2C)cc1. The number of aryl methyl sites for hydroxylation is 2. The molecule has 0 aliphatic rings. The Morgan fingerprint density at radius 1 is 1.17 bits per heavy atom. The second kappa shape index (κ2) is 8.85. The van der Waals surface area contributed by atoms with Crippen molar-refractivity contribution in [3.05, 3.63) is 48.3 Å². The lowest BCUT2D eigenvalue weighted by atomic mass is 10.2. The number of fused-ring (bicyclic) bond motifs is 1. The molecule has 160 valence electrons. The molecule has 0 aliphatic carbocycles. The number of aromatic nitrogens is 2. The first-order valence-electron chi connectivity index (χ1n) is 9.63. The maximum absolute atomic E-state index is 12.3. The predicted molar refractivity (Wildman–Crippen MR) is 116 cm³/mol. The average Bonchev–Trinajstić information content (AvgIpc) is 3.03. The number of rotatable bonds is 8. The van der Waals surface area contributed by atoms with E-state index < -0.39 is 10.0 Å². The van der Waals surface area contributed by atoms with E-state index in [1.54, 1.807) is 30.3 Å². The van der Waals surface area contributed by atoms with Gasteiger partial charge < -0.3 is 14.6 Å². The Hall–Kier alpha value is -2.91. The molecule has 0 radical (unpaired) electrons. The van der Waals surface area contributed by atoms with Crippen LogP contribution >= 0.6 is 0 Å². The summed E-state index contributed by atoms with van der Waals surface area (Å²) in [6, 6.07) is 12.1. The number of imidazole rings is 1. The Morgan fingerprint density at radius 2 is 1.87 bits per heavy atom. The fourth-order valence-corrected chi connectivity index (χ4v) is 4.00. The van der Waals surface area contributed by atoms with Gasteiger partial charge in [-0.1, -0.05) is 0 Å². The van der Waals surface area contributed by atoms with Gasteiger partial charge in [-0.25, -0.2) is 17.7 Å². The Morgan fingerprint density at radius 3 is 2.50 bits per heavy atom. The van der Waals surface area contributed by atoms with Gasteiger partial charge in [-0.15, -0.1) is 0 Å². The molecule has 0 spiro atoms. The summed E-state index contributed by atoms with van der Waals surface area (Å²) in [7, 11) is 1.31. The third-order valence-electron chi connectivity index (χ3n) is 4.75. The van der Waals surface area contributed by atoms with E-state index in [1.165, 1.54) is 18.4 Å². The van der Waals surface area contributed by atoms with Crippen LogP contribution in [-0.4, -0.2) is 48.9 Å². The highest BCUT2D eigenvalue weighted by Crippen LogP contribution is 2.22. The molecule has 8 nitrogen and oxygen atoms in total. The normalized spacial score (nSPS) is 11.8. The van der Waals surface area contributed by atoms with Gasteiger partial charge in [0.1, 0.15) is 11.6 Å². The van der Waals surface area contributed by atoms with E-state index in [0.29, 0.717) is 30.1 Å². The largest absolute Gasteiger partial charge is 0.494 e. The van der Waals surface area contributed by atoms with Crippen LogP contribution in [0.25, 0.3) is 11.0 Å². The summed E-state index contributed by atoms with van der Waals surface area (Å²) in [5, 5.41) is 2.86. The van der Waals surface area contributed by atoms with E-state index in [4.69, 9.17) is 4.74 Å². The van der Waals surface area contributed by atoms with Crippen molar-refractivity contribution in [2.45, 2.75) is 24.7 Å². The fraction of sp³-hybridized carbons (Fsp3) is 0.333. The molecule has 30 heavy (non-hydrogen) atoms. The van der Waals surface area contributed by atoms with Crippen LogP contribution in [0.4, 0.5) is 5.69 Å². The third kappa shape index (κ3) is 4.63. The molecule has 1 amide bonds. The number of anilines is 1. The van der Waals surface area contributed by atoms with Crippen molar-refractivity contribution >= 4 is 32.7 Å². The van der Waals surface area contributed by atoms with Crippen LogP contribution in [0.1, 0.15) is 19.2 Å². The first-order valence-corrected chi connectivity index (χ1v) is 11.1. The first kappa shape index (κ1) is 21.8. The van der Waals surface area contributed by atoms with Crippen LogP contribution in [-0.2, 0) is 28.3 Å². The Balaban J connectivity index is 1.69. The molecule has 0 fully saturated rings. The molecule has 9 heteroatoms. The Labute approximate surface area is 176 Å². The van der Waals surface area contributed by atoms with E-state index in [0.717, 1.165) is 11.3 Å². The quantitative estimate of drug-likeness (QED) is 0.593. The van der Waals surface area contributed by atoms with Gasteiger partial charge in [0.25, 0.3) is 0 Å². The van der Waals surface area contributed by atoms with E-state index >= 15 is 0 Å². The summed E-state index contributed by atoms with van der Waals surface area (Å²) >= 11 is 0. The van der Waals surface area contributed by atoms with Gasteiger partial charge in [0, 0.05) is 39.7 Å². The maximum atomic E-state index is 12.3. The number of nitrogens with one attached hydrogen (secondary N) is 1. The zero-order chi connectivity index (χ0) is 21.9. The minimum absolute atomic E-state index is 0.123. The number of hydrogen-bond donors (Lipinski definition) is 1. The van der Waals surface area contributed by atoms with Crippen LogP contribution in [0, 0.1) is 0 Å². The van der Waals surface area contributed by atoms with Crippen LogP contribution in [0.15, 0.2) is 47.4 Å². The van der Waals surface area contributed by atoms with E-state index in [-0.39, 0.29) is 17.2 Å². The maximum Gasteiger partial charge on any atom is 0.242 e. The topological polar surface area (TPSA) is 93.5 Å². The number of ether oxygens (including phenoxy) is 1. The van der Waals surface area contributed by atoms with E-state index in [2.05, 4.69) is 10.3 Å². The molecule has 0 saturated heterocycles. The molecule has 3 rings (SSSR count). The van der Waals surface area contributed by atoms with Crippen molar-refractivity contribution in [3.63, 3.8) is 0 Å². The summed E-state index contributed by atoms with van der Waals surface area (Å²) in [5.41, 5.74) is 2.10. The summed E-state index contributed by atoms with van der Waals surface area (Å²) in [4.78, 5) is 17.1. The molecule has 0 unspecified atom stereocenters. The lowest BCUT2D eigenvalue weighted by Gasteiger charge is -2.10. The minimum Gasteiger partial charge on any atom is -0.494 e. The van der Waals surface area contributed by atoms with Crippen molar-refractivity contribution in [3.8, 4) is 5.75 Å². The van der Waals surface area contributed by atoms with E-state index in [9.17, 15) is 13.2 Å². The molecule has 0 aliphatic heterocycles. The molecule has 1 heterocycles. The molecule has 2 aromatic carbocycles. The molecule has 0 bridgehead atoms. The average molecular weight is 431 g/mol.